The molecule has 114 valence electrons. The third-order valence-electron chi connectivity index (χ3n) is 4.08. The summed E-state index contributed by atoms with van der Waals surface area (Å²) in [7, 11) is 0. The van der Waals surface area contributed by atoms with Crippen LogP contribution >= 0.6 is 23.5 Å². The molecule has 0 aromatic carbocycles. The van der Waals surface area contributed by atoms with E-state index in [-0.39, 0.29) is 17.4 Å². The fourth-order valence-electron chi connectivity index (χ4n) is 2.68. The first-order valence-corrected chi connectivity index (χ1v) is 9.12. The topological polar surface area (TPSA) is 60.9 Å². The van der Waals surface area contributed by atoms with Crippen LogP contribution in [0.2, 0.25) is 0 Å². The number of carbonyl (C=O) groups excluding carboxylic acids is 1. The summed E-state index contributed by atoms with van der Waals surface area (Å²) in [5.74, 6) is 0.521. The van der Waals surface area contributed by atoms with Gasteiger partial charge in [0.1, 0.15) is 6.04 Å². The van der Waals surface area contributed by atoms with Crippen molar-refractivity contribution in [2.75, 3.05) is 18.1 Å². The lowest BCUT2D eigenvalue weighted by atomic mass is 10.2. The van der Waals surface area contributed by atoms with E-state index in [4.69, 9.17) is 0 Å². The van der Waals surface area contributed by atoms with Gasteiger partial charge in [0, 0.05) is 29.3 Å². The Hall–Kier alpha value is -0.560. The largest absolute Gasteiger partial charge is 0.480 e. The molecule has 2 amide bonds. The second kappa shape index (κ2) is 6.47. The van der Waals surface area contributed by atoms with Gasteiger partial charge in [-0.2, -0.15) is 11.8 Å². The molecule has 2 aliphatic rings. The van der Waals surface area contributed by atoms with Gasteiger partial charge in [0.15, 0.2) is 0 Å². The second-order valence-corrected chi connectivity index (χ2v) is 7.95. The summed E-state index contributed by atoms with van der Waals surface area (Å²) in [6.45, 7) is 6.88. The number of carbonyl (C=O) groups is 2. The summed E-state index contributed by atoms with van der Waals surface area (Å²) in [5.41, 5.74) is 0. The molecule has 2 fully saturated rings. The highest BCUT2D eigenvalue weighted by molar-refractivity contribution is 8.00. The molecule has 4 unspecified atom stereocenters. The van der Waals surface area contributed by atoms with Crippen molar-refractivity contribution in [2.24, 2.45) is 0 Å². The lowest BCUT2D eigenvalue weighted by molar-refractivity contribution is -0.141. The molecule has 0 bridgehead atoms. The Labute approximate surface area is 128 Å². The zero-order valence-electron chi connectivity index (χ0n) is 12.1. The summed E-state index contributed by atoms with van der Waals surface area (Å²) >= 11 is 3.44. The van der Waals surface area contributed by atoms with E-state index < -0.39 is 12.0 Å². The van der Waals surface area contributed by atoms with Crippen molar-refractivity contribution < 1.29 is 14.7 Å². The Kier molecular flexibility index (Phi) is 5.12. The highest BCUT2D eigenvalue weighted by Gasteiger charge is 2.44. The minimum absolute atomic E-state index is 0.0133. The van der Waals surface area contributed by atoms with Crippen LogP contribution in [0, 0.1) is 0 Å². The fourth-order valence-corrected chi connectivity index (χ4v) is 5.12. The van der Waals surface area contributed by atoms with Crippen molar-refractivity contribution in [3.8, 4) is 0 Å². The van der Waals surface area contributed by atoms with Crippen LogP contribution in [0.5, 0.6) is 0 Å². The number of amides is 2. The van der Waals surface area contributed by atoms with Crippen molar-refractivity contribution in [3.63, 3.8) is 0 Å². The predicted octanol–water partition coefficient (Wildman–Crippen LogP) is 2.17. The standard InChI is InChI=1S/C13H22N2O3S2/c1-4-11-15(10(7-20-11)12(16)17)13(18)14-5-6-19-9(3)8(14)2/h8-11H,4-7H2,1-3H3,(H,16,17). The van der Waals surface area contributed by atoms with Gasteiger partial charge >= 0.3 is 12.0 Å². The maximum atomic E-state index is 12.8. The highest BCUT2D eigenvalue weighted by atomic mass is 32.2. The van der Waals surface area contributed by atoms with Crippen molar-refractivity contribution in [2.45, 2.75) is 49.9 Å². The molecule has 0 aromatic heterocycles. The molecular formula is C13H22N2O3S2. The van der Waals surface area contributed by atoms with Crippen LogP contribution in [0.1, 0.15) is 27.2 Å². The summed E-state index contributed by atoms with van der Waals surface area (Å²) in [5, 5.41) is 9.71. The maximum Gasteiger partial charge on any atom is 0.327 e. The molecule has 0 saturated carbocycles. The minimum atomic E-state index is -0.895. The van der Waals surface area contributed by atoms with Gasteiger partial charge in [-0.15, -0.1) is 11.8 Å². The summed E-state index contributed by atoms with van der Waals surface area (Å²) in [6, 6.07) is -0.637. The molecule has 7 heteroatoms. The molecule has 2 heterocycles. The van der Waals surface area contributed by atoms with E-state index in [9.17, 15) is 14.7 Å². The van der Waals surface area contributed by atoms with Crippen LogP contribution in [0.15, 0.2) is 0 Å². The smallest absolute Gasteiger partial charge is 0.327 e. The Morgan fingerprint density at radius 3 is 2.60 bits per heavy atom. The molecular weight excluding hydrogens is 296 g/mol. The van der Waals surface area contributed by atoms with Gasteiger partial charge in [-0.25, -0.2) is 9.59 Å². The van der Waals surface area contributed by atoms with Gasteiger partial charge in [0.2, 0.25) is 0 Å². The minimum Gasteiger partial charge on any atom is -0.480 e. The summed E-state index contributed by atoms with van der Waals surface area (Å²) in [4.78, 5) is 27.6. The third-order valence-corrected chi connectivity index (χ3v) is 6.87. The number of thioether (sulfide) groups is 2. The highest BCUT2D eigenvalue weighted by Crippen LogP contribution is 2.34. The van der Waals surface area contributed by atoms with Crippen LogP contribution < -0.4 is 0 Å². The quantitative estimate of drug-likeness (QED) is 0.845. The monoisotopic (exact) mass is 318 g/mol. The molecule has 1 N–H and O–H groups in total. The SMILES string of the molecule is CCC1SCC(C(=O)O)N1C(=O)N1CCSC(C)C1C. The van der Waals surface area contributed by atoms with Crippen LogP contribution in [-0.2, 0) is 4.79 Å². The van der Waals surface area contributed by atoms with Crippen molar-refractivity contribution in [1.29, 1.82) is 0 Å². The van der Waals surface area contributed by atoms with Gasteiger partial charge in [0.25, 0.3) is 0 Å². The molecule has 4 atom stereocenters. The molecule has 2 saturated heterocycles. The molecule has 0 aliphatic carbocycles. The van der Waals surface area contributed by atoms with Gasteiger partial charge in [-0.1, -0.05) is 13.8 Å². The zero-order valence-corrected chi connectivity index (χ0v) is 13.7. The Morgan fingerprint density at radius 2 is 2.00 bits per heavy atom. The molecule has 0 aromatic rings. The number of nitrogens with zero attached hydrogens (tertiary/aromatic N) is 2. The Balaban J connectivity index is 2.18. The number of carboxylic acid groups (broad SMARTS) is 1. The number of carboxylic acids is 1. The third kappa shape index (κ3) is 2.88. The van der Waals surface area contributed by atoms with E-state index >= 15 is 0 Å². The van der Waals surface area contributed by atoms with Crippen molar-refractivity contribution in [3.05, 3.63) is 0 Å². The van der Waals surface area contributed by atoms with E-state index in [0.717, 1.165) is 12.2 Å². The van der Waals surface area contributed by atoms with E-state index in [1.54, 1.807) is 16.7 Å². The van der Waals surface area contributed by atoms with E-state index in [2.05, 4.69) is 13.8 Å². The Bertz CT molecular complexity index is 394. The average Bonchev–Trinajstić information content (AvgIpc) is 2.85. The second-order valence-electron chi connectivity index (χ2n) is 5.25. The lowest BCUT2D eigenvalue weighted by Crippen LogP contribution is -2.57. The van der Waals surface area contributed by atoms with Gasteiger partial charge in [-0.3, -0.25) is 4.90 Å². The zero-order chi connectivity index (χ0) is 14.9. The first-order chi connectivity index (χ1) is 9.47. The molecule has 0 spiro atoms. The average molecular weight is 318 g/mol. The first kappa shape index (κ1) is 15.8. The summed E-state index contributed by atoms with van der Waals surface area (Å²) < 4.78 is 0. The molecule has 20 heavy (non-hydrogen) atoms. The van der Waals surface area contributed by atoms with Crippen LogP contribution in [0.3, 0.4) is 0 Å². The number of rotatable bonds is 2. The number of hydrogen-bond acceptors (Lipinski definition) is 4. The van der Waals surface area contributed by atoms with Crippen LogP contribution in [-0.4, -0.2) is 67.7 Å². The van der Waals surface area contributed by atoms with E-state index in [1.807, 2.05) is 23.6 Å². The number of urea groups is 1. The Morgan fingerprint density at radius 1 is 1.30 bits per heavy atom. The first-order valence-electron chi connectivity index (χ1n) is 7.02. The molecule has 2 aliphatic heterocycles. The van der Waals surface area contributed by atoms with Crippen LogP contribution in [0.4, 0.5) is 4.79 Å². The maximum absolute atomic E-state index is 12.8. The van der Waals surface area contributed by atoms with Gasteiger partial charge < -0.3 is 10.0 Å². The van der Waals surface area contributed by atoms with Crippen LogP contribution in [0.25, 0.3) is 0 Å². The number of hydrogen-bond donors (Lipinski definition) is 1. The number of aliphatic carboxylic acids is 1. The lowest BCUT2D eigenvalue weighted by Gasteiger charge is -2.41. The van der Waals surface area contributed by atoms with E-state index in [1.165, 1.54) is 0 Å². The molecule has 0 radical (unpaired) electrons. The normalized spacial score (nSPS) is 34.4. The molecule has 5 nitrogen and oxygen atoms in total. The summed E-state index contributed by atoms with van der Waals surface area (Å²) in [6.07, 6.45) is 0.784. The predicted molar refractivity (Wildman–Crippen MR) is 83.3 cm³/mol. The molecule has 2 rings (SSSR count). The fraction of sp³-hybridized carbons (Fsp3) is 0.846. The van der Waals surface area contributed by atoms with Crippen molar-refractivity contribution >= 4 is 35.5 Å². The van der Waals surface area contributed by atoms with Gasteiger partial charge in [0.05, 0.1) is 5.37 Å². The van der Waals surface area contributed by atoms with Crippen molar-refractivity contribution in [1.82, 2.24) is 9.80 Å². The van der Waals surface area contributed by atoms with E-state index in [0.29, 0.717) is 17.5 Å². The van der Waals surface area contributed by atoms with Gasteiger partial charge in [-0.05, 0) is 13.3 Å².